The molecule has 0 spiro atoms. The molecular weight excluding hydrogens is 201 g/mol. The van der Waals surface area contributed by atoms with Gasteiger partial charge in [0.15, 0.2) is 0 Å². The van der Waals surface area contributed by atoms with Gasteiger partial charge in [0.1, 0.15) is 5.82 Å². The molecule has 3 heteroatoms. The lowest BCUT2D eigenvalue weighted by atomic mass is 10.1. The largest absolute Gasteiger partial charge is 0.306 e. The highest BCUT2D eigenvalue weighted by atomic mass is 35.5. The van der Waals surface area contributed by atoms with E-state index < -0.39 is 0 Å². The van der Waals surface area contributed by atoms with Gasteiger partial charge in [0.05, 0.1) is 6.04 Å². The van der Waals surface area contributed by atoms with E-state index in [0.717, 1.165) is 5.56 Å². The monoisotopic (exact) mass is 211 g/mol. The standard InChI is InChI=1S/C11H11ClFN/c1-3-10(14-2)6-8-4-5-9(13)7-11(8)12/h1,4-5,7,10,14H,6H2,2H3. The van der Waals surface area contributed by atoms with Gasteiger partial charge in [-0.15, -0.1) is 6.42 Å². The fraction of sp³-hybridized carbons (Fsp3) is 0.273. The second-order valence-corrected chi connectivity index (χ2v) is 3.35. The van der Waals surface area contributed by atoms with Crippen LogP contribution in [0.15, 0.2) is 18.2 Å². The van der Waals surface area contributed by atoms with Gasteiger partial charge in [-0.05, 0) is 24.7 Å². The molecule has 0 saturated carbocycles. The van der Waals surface area contributed by atoms with Crippen molar-refractivity contribution in [2.24, 2.45) is 0 Å². The highest BCUT2D eigenvalue weighted by molar-refractivity contribution is 6.31. The van der Waals surface area contributed by atoms with Crippen molar-refractivity contribution in [1.29, 1.82) is 0 Å². The van der Waals surface area contributed by atoms with E-state index in [9.17, 15) is 4.39 Å². The van der Waals surface area contributed by atoms with Crippen LogP contribution in [-0.2, 0) is 6.42 Å². The maximum Gasteiger partial charge on any atom is 0.124 e. The minimum Gasteiger partial charge on any atom is -0.306 e. The van der Waals surface area contributed by atoms with Crippen LogP contribution in [0.4, 0.5) is 4.39 Å². The van der Waals surface area contributed by atoms with E-state index in [-0.39, 0.29) is 11.9 Å². The molecule has 0 bridgehead atoms. The number of halogens is 2. The summed E-state index contributed by atoms with van der Waals surface area (Å²) >= 11 is 5.85. The van der Waals surface area contributed by atoms with Crippen molar-refractivity contribution < 1.29 is 4.39 Å². The van der Waals surface area contributed by atoms with E-state index in [1.54, 1.807) is 13.1 Å². The normalized spacial score (nSPS) is 12.1. The minimum atomic E-state index is -0.333. The summed E-state index contributed by atoms with van der Waals surface area (Å²) in [5.41, 5.74) is 0.852. The summed E-state index contributed by atoms with van der Waals surface area (Å²) < 4.78 is 12.7. The Morgan fingerprint density at radius 3 is 2.86 bits per heavy atom. The molecule has 0 aromatic heterocycles. The molecule has 1 atom stereocenters. The zero-order valence-corrected chi connectivity index (χ0v) is 8.61. The molecule has 14 heavy (non-hydrogen) atoms. The lowest BCUT2D eigenvalue weighted by molar-refractivity contribution is 0.625. The SMILES string of the molecule is C#CC(Cc1ccc(F)cc1Cl)NC. The topological polar surface area (TPSA) is 12.0 Å². The lowest BCUT2D eigenvalue weighted by Gasteiger charge is -2.10. The van der Waals surface area contributed by atoms with Gasteiger partial charge in [-0.1, -0.05) is 23.6 Å². The Morgan fingerprint density at radius 1 is 1.64 bits per heavy atom. The van der Waals surface area contributed by atoms with Crippen molar-refractivity contribution in [1.82, 2.24) is 5.32 Å². The molecule has 1 N–H and O–H groups in total. The molecule has 0 saturated heterocycles. The van der Waals surface area contributed by atoms with Gasteiger partial charge in [0.2, 0.25) is 0 Å². The van der Waals surface area contributed by atoms with Crippen LogP contribution in [0.5, 0.6) is 0 Å². The Hall–Kier alpha value is -1.04. The fourth-order valence-electron chi connectivity index (χ4n) is 1.15. The van der Waals surface area contributed by atoms with Crippen molar-refractivity contribution in [2.45, 2.75) is 12.5 Å². The third-order valence-electron chi connectivity index (χ3n) is 1.99. The number of nitrogens with one attached hydrogen (secondary N) is 1. The van der Waals surface area contributed by atoms with E-state index in [2.05, 4.69) is 11.2 Å². The molecule has 0 aliphatic rings. The molecular formula is C11H11ClFN. The summed E-state index contributed by atoms with van der Waals surface area (Å²) in [6, 6.07) is 4.25. The second-order valence-electron chi connectivity index (χ2n) is 2.95. The van der Waals surface area contributed by atoms with Crippen LogP contribution in [0, 0.1) is 18.2 Å². The second kappa shape index (κ2) is 4.99. The first kappa shape index (κ1) is 11.0. The van der Waals surface area contributed by atoms with Gasteiger partial charge in [0.25, 0.3) is 0 Å². The van der Waals surface area contributed by atoms with E-state index in [0.29, 0.717) is 11.4 Å². The van der Waals surface area contributed by atoms with E-state index in [4.69, 9.17) is 18.0 Å². The van der Waals surface area contributed by atoms with Crippen molar-refractivity contribution in [3.8, 4) is 12.3 Å². The Morgan fingerprint density at radius 2 is 2.36 bits per heavy atom. The summed E-state index contributed by atoms with van der Waals surface area (Å²) in [6.07, 6.45) is 5.88. The molecule has 0 aliphatic carbocycles. The molecule has 0 fully saturated rings. The molecule has 0 aliphatic heterocycles. The first-order chi connectivity index (χ1) is 6.67. The highest BCUT2D eigenvalue weighted by Crippen LogP contribution is 2.18. The predicted octanol–water partition coefficient (Wildman–Crippen LogP) is 2.24. The number of rotatable bonds is 3. The third-order valence-corrected chi connectivity index (χ3v) is 2.34. The number of benzene rings is 1. The number of hydrogen-bond donors (Lipinski definition) is 1. The van der Waals surface area contributed by atoms with Gasteiger partial charge < -0.3 is 5.32 Å². The van der Waals surface area contributed by atoms with Crippen LogP contribution in [0.2, 0.25) is 5.02 Å². The van der Waals surface area contributed by atoms with Gasteiger partial charge in [-0.3, -0.25) is 0 Å². The van der Waals surface area contributed by atoms with E-state index in [1.807, 2.05) is 0 Å². The lowest BCUT2D eigenvalue weighted by Crippen LogP contribution is -2.25. The molecule has 1 unspecified atom stereocenters. The average molecular weight is 212 g/mol. The summed E-state index contributed by atoms with van der Waals surface area (Å²) in [6.45, 7) is 0. The fourth-order valence-corrected chi connectivity index (χ4v) is 1.40. The number of likely N-dealkylation sites (N-methyl/N-ethyl adjacent to an activating group) is 1. The van der Waals surface area contributed by atoms with Gasteiger partial charge in [0, 0.05) is 11.4 Å². The van der Waals surface area contributed by atoms with Crippen LogP contribution in [0.25, 0.3) is 0 Å². The maximum atomic E-state index is 12.7. The Balaban J connectivity index is 2.82. The Labute approximate surface area is 88.3 Å². The molecule has 1 nitrogen and oxygen atoms in total. The van der Waals surface area contributed by atoms with E-state index >= 15 is 0 Å². The van der Waals surface area contributed by atoms with Crippen molar-refractivity contribution in [3.05, 3.63) is 34.6 Å². The van der Waals surface area contributed by atoms with Gasteiger partial charge in [-0.25, -0.2) is 4.39 Å². The maximum absolute atomic E-state index is 12.7. The summed E-state index contributed by atoms with van der Waals surface area (Å²) in [5, 5.41) is 3.37. The Bertz CT molecular complexity index is 357. The number of hydrogen-bond acceptors (Lipinski definition) is 1. The first-order valence-electron chi connectivity index (χ1n) is 4.24. The van der Waals surface area contributed by atoms with Crippen molar-refractivity contribution in [3.63, 3.8) is 0 Å². The zero-order chi connectivity index (χ0) is 10.6. The molecule has 1 rings (SSSR count). The van der Waals surface area contributed by atoms with Crippen LogP contribution >= 0.6 is 11.6 Å². The molecule has 0 radical (unpaired) electrons. The Kier molecular flexibility index (Phi) is 3.94. The first-order valence-corrected chi connectivity index (χ1v) is 4.62. The summed E-state index contributed by atoms with van der Waals surface area (Å²) in [4.78, 5) is 0. The van der Waals surface area contributed by atoms with Crippen LogP contribution in [0.3, 0.4) is 0 Å². The molecule has 1 aromatic rings. The van der Waals surface area contributed by atoms with Gasteiger partial charge >= 0.3 is 0 Å². The molecule has 1 aromatic carbocycles. The third kappa shape index (κ3) is 2.73. The molecule has 74 valence electrons. The van der Waals surface area contributed by atoms with Crippen molar-refractivity contribution in [2.75, 3.05) is 7.05 Å². The van der Waals surface area contributed by atoms with E-state index in [1.165, 1.54) is 12.1 Å². The highest BCUT2D eigenvalue weighted by Gasteiger charge is 2.07. The van der Waals surface area contributed by atoms with Crippen LogP contribution in [-0.4, -0.2) is 13.1 Å². The molecule has 0 amide bonds. The smallest absolute Gasteiger partial charge is 0.124 e. The summed E-state index contributed by atoms with van der Waals surface area (Å²) in [5.74, 6) is 2.25. The minimum absolute atomic E-state index is 0.0713. The van der Waals surface area contributed by atoms with Crippen LogP contribution in [0.1, 0.15) is 5.56 Å². The molecule has 0 heterocycles. The predicted molar refractivity (Wildman–Crippen MR) is 56.8 cm³/mol. The van der Waals surface area contributed by atoms with Crippen molar-refractivity contribution >= 4 is 11.6 Å². The van der Waals surface area contributed by atoms with Gasteiger partial charge in [-0.2, -0.15) is 0 Å². The average Bonchev–Trinajstić information content (AvgIpc) is 2.17. The quantitative estimate of drug-likeness (QED) is 0.757. The summed E-state index contributed by atoms with van der Waals surface area (Å²) in [7, 11) is 1.78. The zero-order valence-electron chi connectivity index (χ0n) is 7.85. The number of terminal acetylenes is 1. The van der Waals surface area contributed by atoms with Crippen LogP contribution < -0.4 is 5.32 Å².